The average Bonchev–Trinajstić information content (AvgIpc) is 2.38. The number of carbonyl (C=O) groups is 1. The first-order valence-corrected chi connectivity index (χ1v) is 7.16. The van der Waals surface area contributed by atoms with E-state index in [1.807, 2.05) is 13.8 Å². The Bertz CT molecular complexity index is 481. The normalized spacial score (nSPS) is 11.0. The molecule has 4 nitrogen and oxygen atoms in total. The maximum Gasteiger partial charge on any atom is 0.335 e. The minimum Gasteiger partial charge on any atom is -0.478 e. The fourth-order valence-electron chi connectivity index (χ4n) is 1.52. The summed E-state index contributed by atoms with van der Waals surface area (Å²) in [4.78, 5) is 14.9. The van der Waals surface area contributed by atoms with Gasteiger partial charge in [-0.05, 0) is 44.6 Å². The number of hydrogen-bond donors (Lipinski definition) is 1. The Balaban J connectivity index is 2.32. The molecule has 1 heterocycles. The maximum absolute atomic E-state index is 10.8. The second kappa shape index (κ2) is 7.15. The van der Waals surface area contributed by atoms with Gasteiger partial charge in [-0.15, -0.1) is 11.8 Å². The second-order valence-electron chi connectivity index (χ2n) is 4.99. The zero-order valence-corrected chi connectivity index (χ0v) is 12.0. The van der Waals surface area contributed by atoms with Crippen LogP contribution in [0.5, 0.6) is 0 Å². The summed E-state index contributed by atoms with van der Waals surface area (Å²) in [6.07, 6.45) is 4.39. The van der Waals surface area contributed by atoms with Crippen LogP contribution in [0.3, 0.4) is 0 Å². The number of carboxylic acids is 1. The van der Waals surface area contributed by atoms with Crippen LogP contribution in [-0.4, -0.2) is 21.8 Å². The van der Waals surface area contributed by atoms with E-state index in [0.717, 1.165) is 30.0 Å². The summed E-state index contributed by atoms with van der Waals surface area (Å²) < 4.78 is 0. The molecule has 1 aromatic heterocycles. The van der Waals surface area contributed by atoms with E-state index in [1.165, 1.54) is 12.3 Å². The van der Waals surface area contributed by atoms with Crippen LogP contribution in [0.15, 0.2) is 23.4 Å². The lowest BCUT2D eigenvalue weighted by Crippen LogP contribution is -2.07. The van der Waals surface area contributed by atoms with E-state index in [1.54, 1.807) is 17.8 Å². The third kappa shape index (κ3) is 5.75. The van der Waals surface area contributed by atoms with Crippen molar-refractivity contribution in [2.75, 3.05) is 5.75 Å². The van der Waals surface area contributed by atoms with Crippen LogP contribution < -0.4 is 0 Å². The molecule has 5 heteroatoms. The number of aromatic carboxylic acids is 1. The van der Waals surface area contributed by atoms with Gasteiger partial charge in [0.15, 0.2) is 0 Å². The highest BCUT2D eigenvalue weighted by Crippen LogP contribution is 2.24. The molecule has 1 N–H and O–H groups in total. The molecule has 0 saturated carbocycles. The summed E-state index contributed by atoms with van der Waals surface area (Å²) in [6, 6.07) is 5.36. The smallest absolute Gasteiger partial charge is 0.335 e. The van der Waals surface area contributed by atoms with Gasteiger partial charge in [0.05, 0.1) is 22.1 Å². The van der Waals surface area contributed by atoms with E-state index in [4.69, 9.17) is 10.4 Å². The van der Waals surface area contributed by atoms with E-state index >= 15 is 0 Å². The van der Waals surface area contributed by atoms with Crippen molar-refractivity contribution in [2.24, 2.45) is 5.41 Å². The third-order valence-electron chi connectivity index (χ3n) is 2.73. The van der Waals surface area contributed by atoms with Gasteiger partial charge in [0.2, 0.25) is 0 Å². The number of nitriles is 1. The molecule has 1 aromatic rings. The molecule has 0 aromatic carbocycles. The number of hydrogen-bond acceptors (Lipinski definition) is 4. The van der Waals surface area contributed by atoms with E-state index in [9.17, 15) is 4.79 Å². The van der Waals surface area contributed by atoms with Gasteiger partial charge < -0.3 is 5.11 Å². The highest BCUT2D eigenvalue weighted by molar-refractivity contribution is 7.99. The number of rotatable bonds is 7. The van der Waals surface area contributed by atoms with Gasteiger partial charge >= 0.3 is 5.97 Å². The van der Waals surface area contributed by atoms with Crippen molar-refractivity contribution in [3.63, 3.8) is 0 Å². The molecule has 102 valence electrons. The zero-order valence-electron chi connectivity index (χ0n) is 11.2. The second-order valence-corrected chi connectivity index (χ2v) is 6.10. The van der Waals surface area contributed by atoms with Crippen molar-refractivity contribution in [1.29, 1.82) is 5.26 Å². The Morgan fingerprint density at radius 1 is 1.53 bits per heavy atom. The predicted octanol–water partition coefficient (Wildman–Crippen LogP) is 3.59. The standard InChI is InChI=1S/C14H18N2O2S/c1-14(2,10-15)6-3-4-8-19-12-9-11(13(17)18)5-7-16-12/h5,7,9H,3-4,6,8H2,1-2H3,(H,17,18). The van der Waals surface area contributed by atoms with Crippen LogP contribution in [0.2, 0.25) is 0 Å². The first-order valence-electron chi connectivity index (χ1n) is 6.18. The summed E-state index contributed by atoms with van der Waals surface area (Å²) in [7, 11) is 0. The molecule has 0 saturated heterocycles. The number of pyridine rings is 1. The van der Waals surface area contributed by atoms with E-state index in [-0.39, 0.29) is 11.0 Å². The first kappa shape index (κ1) is 15.5. The molecule has 0 unspecified atom stereocenters. The summed E-state index contributed by atoms with van der Waals surface area (Å²) in [5, 5.41) is 18.5. The minimum atomic E-state index is -0.931. The van der Waals surface area contributed by atoms with Crippen LogP contribution in [-0.2, 0) is 0 Å². The quantitative estimate of drug-likeness (QED) is 0.609. The number of thioether (sulfide) groups is 1. The van der Waals surface area contributed by atoms with Gasteiger partial charge in [-0.1, -0.05) is 6.42 Å². The molecule has 1 rings (SSSR count). The van der Waals surface area contributed by atoms with Gasteiger partial charge in [0.1, 0.15) is 0 Å². The van der Waals surface area contributed by atoms with Crippen LogP contribution in [0.25, 0.3) is 0 Å². The predicted molar refractivity (Wildman–Crippen MR) is 75.2 cm³/mol. The lowest BCUT2D eigenvalue weighted by Gasteiger charge is -2.13. The van der Waals surface area contributed by atoms with Crippen molar-refractivity contribution in [2.45, 2.75) is 38.1 Å². The Morgan fingerprint density at radius 2 is 2.26 bits per heavy atom. The number of unbranched alkanes of at least 4 members (excludes halogenated alkanes) is 1. The Kier molecular flexibility index (Phi) is 5.84. The minimum absolute atomic E-state index is 0.258. The topological polar surface area (TPSA) is 74.0 Å². The molecule has 0 aliphatic rings. The fraction of sp³-hybridized carbons (Fsp3) is 0.500. The largest absolute Gasteiger partial charge is 0.478 e. The van der Waals surface area contributed by atoms with Gasteiger partial charge in [-0.3, -0.25) is 0 Å². The molecule has 0 atom stereocenters. The lowest BCUT2D eigenvalue weighted by molar-refractivity contribution is 0.0696. The molecule has 0 aliphatic heterocycles. The van der Waals surface area contributed by atoms with Crippen molar-refractivity contribution >= 4 is 17.7 Å². The first-order chi connectivity index (χ1) is 8.94. The summed E-state index contributed by atoms with van der Waals surface area (Å²) in [5.74, 6) is -0.0440. The molecule has 0 fully saturated rings. The van der Waals surface area contributed by atoms with Gasteiger partial charge in [-0.25, -0.2) is 9.78 Å². The van der Waals surface area contributed by atoms with Crippen molar-refractivity contribution in [1.82, 2.24) is 4.98 Å². The van der Waals surface area contributed by atoms with Gasteiger partial charge in [-0.2, -0.15) is 5.26 Å². The summed E-state index contributed by atoms with van der Waals surface area (Å²) in [5.41, 5.74) is 0.00898. The molecule has 0 radical (unpaired) electrons. The van der Waals surface area contributed by atoms with E-state index in [2.05, 4.69) is 11.1 Å². The highest BCUT2D eigenvalue weighted by atomic mass is 32.2. The SMILES string of the molecule is CC(C)(C#N)CCCCSc1cc(C(=O)O)ccn1. The Hall–Kier alpha value is -1.54. The van der Waals surface area contributed by atoms with Crippen molar-refractivity contribution < 1.29 is 9.90 Å². The number of aromatic nitrogens is 1. The maximum atomic E-state index is 10.8. The summed E-state index contributed by atoms with van der Waals surface area (Å²) >= 11 is 1.55. The van der Waals surface area contributed by atoms with Crippen LogP contribution in [0.1, 0.15) is 43.5 Å². The molecular formula is C14H18N2O2S. The fourth-order valence-corrected chi connectivity index (χ4v) is 2.43. The van der Waals surface area contributed by atoms with Crippen molar-refractivity contribution in [3.05, 3.63) is 23.9 Å². The van der Waals surface area contributed by atoms with Gasteiger partial charge in [0, 0.05) is 6.20 Å². The summed E-state index contributed by atoms with van der Waals surface area (Å²) in [6.45, 7) is 3.88. The average molecular weight is 278 g/mol. The van der Waals surface area contributed by atoms with Crippen LogP contribution in [0, 0.1) is 16.7 Å². The monoisotopic (exact) mass is 278 g/mol. The molecule has 19 heavy (non-hydrogen) atoms. The van der Waals surface area contributed by atoms with E-state index in [0.29, 0.717) is 0 Å². The molecule has 0 spiro atoms. The molecular weight excluding hydrogens is 260 g/mol. The number of nitrogens with zero attached hydrogens (tertiary/aromatic N) is 2. The zero-order chi connectivity index (χ0) is 14.3. The third-order valence-corrected chi connectivity index (χ3v) is 3.74. The van der Waals surface area contributed by atoms with E-state index < -0.39 is 5.97 Å². The van der Waals surface area contributed by atoms with Crippen LogP contribution in [0.4, 0.5) is 0 Å². The Morgan fingerprint density at radius 3 is 2.89 bits per heavy atom. The lowest BCUT2D eigenvalue weighted by atomic mass is 9.89. The van der Waals surface area contributed by atoms with Gasteiger partial charge in [0.25, 0.3) is 0 Å². The molecule has 0 bridgehead atoms. The molecule has 0 aliphatic carbocycles. The highest BCUT2D eigenvalue weighted by Gasteiger charge is 2.15. The molecule has 0 amide bonds. The number of carboxylic acid groups (broad SMARTS) is 1. The van der Waals surface area contributed by atoms with Crippen molar-refractivity contribution in [3.8, 4) is 6.07 Å². The van der Waals surface area contributed by atoms with Crippen LogP contribution >= 0.6 is 11.8 Å². The Labute approximate surface area is 117 Å².